The van der Waals surface area contributed by atoms with Gasteiger partial charge < -0.3 is 10.2 Å². The average molecular weight is 364 g/mol. The number of rotatable bonds is 5. The van der Waals surface area contributed by atoms with E-state index in [1.165, 1.54) is 16.2 Å². The highest BCUT2D eigenvalue weighted by Crippen LogP contribution is 2.20. The van der Waals surface area contributed by atoms with Crippen LogP contribution in [0.5, 0.6) is 0 Å². The van der Waals surface area contributed by atoms with Gasteiger partial charge in [0.15, 0.2) is 0 Å². The number of amides is 3. The summed E-state index contributed by atoms with van der Waals surface area (Å²) in [7, 11) is 0. The standard InChI is InChI=1S/C17H21N3O2S2/c21-16(18-8-5-14-3-1-11-23-14)13-6-9-20(10-7-13)17(22)19-15-4-2-12-24-15/h1-4,11-13H,5-10H2,(H,18,21)(H,19,22). The number of anilines is 1. The monoisotopic (exact) mass is 363 g/mol. The van der Waals surface area contributed by atoms with Gasteiger partial charge in [0.1, 0.15) is 0 Å². The van der Waals surface area contributed by atoms with E-state index in [0.29, 0.717) is 19.6 Å². The van der Waals surface area contributed by atoms with Gasteiger partial charge in [0.05, 0.1) is 5.00 Å². The van der Waals surface area contributed by atoms with E-state index in [9.17, 15) is 9.59 Å². The lowest BCUT2D eigenvalue weighted by molar-refractivity contribution is -0.126. The minimum atomic E-state index is -0.0750. The molecule has 1 saturated heterocycles. The van der Waals surface area contributed by atoms with Crippen molar-refractivity contribution in [3.63, 3.8) is 0 Å². The van der Waals surface area contributed by atoms with Gasteiger partial charge in [0, 0.05) is 30.4 Å². The minimum absolute atomic E-state index is 0.0131. The van der Waals surface area contributed by atoms with E-state index in [1.54, 1.807) is 16.2 Å². The maximum Gasteiger partial charge on any atom is 0.322 e. The van der Waals surface area contributed by atoms with Gasteiger partial charge in [0.2, 0.25) is 5.91 Å². The molecule has 0 atom stereocenters. The summed E-state index contributed by atoms with van der Waals surface area (Å²) in [5, 5.41) is 10.8. The number of piperidine rings is 1. The molecule has 0 bridgehead atoms. The van der Waals surface area contributed by atoms with E-state index in [2.05, 4.69) is 16.7 Å². The van der Waals surface area contributed by atoms with Gasteiger partial charge in [-0.15, -0.1) is 22.7 Å². The molecule has 1 aliphatic heterocycles. The number of hydrogen-bond donors (Lipinski definition) is 2. The Labute approximate surface area is 149 Å². The summed E-state index contributed by atoms with van der Waals surface area (Å²) in [5.41, 5.74) is 0. The molecule has 2 aromatic heterocycles. The zero-order chi connectivity index (χ0) is 16.8. The van der Waals surface area contributed by atoms with Crippen molar-refractivity contribution in [2.75, 3.05) is 25.0 Å². The molecule has 0 spiro atoms. The summed E-state index contributed by atoms with van der Waals surface area (Å²) in [6.45, 7) is 1.93. The van der Waals surface area contributed by atoms with E-state index in [4.69, 9.17) is 0 Å². The third-order valence-electron chi connectivity index (χ3n) is 4.16. The first-order chi connectivity index (χ1) is 11.7. The van der Waals surface area contributed by atoms with Crippen LogP contribution in [0.25, 0.3) is 0 Å². The quantitative estimate of drug-likeness (QED) is 0.855. The minimum Gasteiger partial charge on any atom is -0.355 e. The van der Waals surface area contributed by atoms with Crippen LogP contribution in [0.3, 0.4) is 0 Å². The van der Waals surface area contributed by atoms with Gasteiger partial charge >= 0.3 is 6.03 Å². The molecule has 128 valence electrons. The molecule has 3 rings (SSSR count). The Morgan fingerprint density at radius 3 is 2.54 bits per heavy atom. The third kappa shape index (κ3) is 4.58. The highest BCUT2D eigenvalue weighted by Gasteiger charge is 2.27. The number of nitrogens with zero attached hydrogens (tertiary/aromatic N) is 1. The Morgan fingerprint density at radius 2 is 1.88 bits per heavy atom. The summed E-state index contributed by atoms with van der Waals surface area (Å²) >= 11 is 3.22. The van der Waals surface area contributed by atoms with Crippen molar-refractivity contribution in [2.45, 2.75) is 19.3 Å². The first-order valence-electron chi connectivity index (χ1n) is 8.12. The van der Waals surface area contributed by atoms with Crippen molar-refractivity contribution in [1.29, 1.82) is 0 Å². The summed E-state index contributed by atoms with van der Waals surface area (Å²) in [4.78, 5) is 27.5. The second kappa shape index (κ2) is 8.30. The molecule has 0 radical (unpaired) electrons. The fraction of sp³-hybridized carbons (Fsp3) is 0.412. The average Bonchev–Trinajstić information content (AvgIpc) is 3.29. The predicted molar refractivity (Wildman–Crippen MR) is 98.7 cm³/mol. The maximum atomic E-state index is 12.2. The summed E-state index contributed by atoms with van der Waals surface area (Å²) < 4.78 is 0. The van der Waals surface area contributed by atoms with Crippen LogP contribution in [0.1, 0.15) is 17.7 Å². The van der Waals surface area contributed by atoms with Crippen LogP contribution < -0.4 is 10.6 Å². The summed E-state index contributed by atoms with van der Waals surface area (Å²) in [6.07, 6.45) is 2.33. The lowest BCUT2D eigenvalue weighted by Crippen LogP contribution is -2.44. The topological polar surface area (TPSA) is 61.4 Å². The molecule has 1 fully saturated rings. The number of likely N-dealkylation sites (tertiary alicyclic amines) is 1. The lowest BCUT2D eigenvalue weighted by atomic mass is 9.96. The Hall–Kier alpha value is -1.86. The van der Waals surface area contributed by atoms with Crippen molar-refractivity contribution in [3.05, 3.63) is 39.9 Å². The number of nitrogens with one attached hydrogen (secondary N) is 2. The Balaban J connectivity index is 1.38. The zero-order valence-electron chi connectivity index (χ0n) is 13.4. The smallest absolute Gasteiger partial charge is 0.322 e. The van der Waals surface area contributed by atoms with Crippen LogP contribution in [0.2, 0.25) is 0 Å². The molecule has 5 nitrogen and oxygen atoms in total. The normalized spacial score (nSPS) is 15.2. The van der Waals surface area contributed by atoms with Gasteiger partial charge in [-0.1, -0.05) is 6.07 Å². The first kappa shape index (κ1) is 17.0. The van der Waals surface area contributed by atoms with Crippen molar-refractivity contribution < 1.29 is 9.59 Å². The van der Waals surface area contributed by atoms with E-state index < -0.39 is 0 Å². The highest BCUT2D eigenvalue weighted by molar-refractivity contribution is 7.14. The highest BCUT2D eigenvalue weighted by atomic mass is 32.1. The maximum absolute atomic E-state index is 12.2. The van der Waals surface area contributed by atoms with Gasteiger partial charge in [-0.25, -0.2) is 4.79 Å². The van der Waals surface area contributed by atoms with Gasteiger partial charge in [-0.05, 0) is 48.2 Å². The molecule has 0 saturated carbocycles. The molecule has 3 heterocycles. The van der Waals surface area contributed by atoms with E-state index in [0.717, 1.165) is 24.3 Å². The number of carbonyl (C=O) groups excluding carboxylic acids is 2. The molecule has 2 aromatic rings. The molecular weight excluding hydrogens is 342 g/mol. The molecule has 7 heteroatoms. The van der Waals surface area contributed by atoms with Crippen LogP contribution in [0.4, 0.5) is 9.80 Å². The van der Waals surface area contributed by atoms with Gasteiger partial charge in [0.25, 0.3) is 0 Å². The predicted octanol–water partition coefficient (Wildman–Crippen LogP) is 3.41. The molecule has 0 unspecified atom stereocenters. The third-order valence-corrected chi connectivity index (χ3v) is 5.88. The van der Waals surface area contributed by atoms with Crippen molar-refractivity contribution in [3.8, 4) is 0 Å². The van der Waals surface area contributed by atoms with Gasteiger partial charge in [-0.2, -0.15) is 0 Å². The molecule has 1 aliphatic rings. The molecule has 24 heavy (non-hydrogen) atoms. The Bertz CT molecular complexity index is 647. The molecule has 3 amide bonds. The second-order valence-corrected chi connectivity index (χ2v) is 7.77. The van der Waals surface area contributed by atoms with Crippen LogP contribution in [0.15, 0.2) is 35.0 Å². The van der Waals surface area contributed by atoms with Crippen molar-refractivity contribution in [2.24, 2.45) is 5.92 Å². The lowest BCUT2D eigenvalue weighted by Gasteiger charge is -2.31. The van der Waals surface area contributed by atoms with E-state index >= 15 is 0 Å². The summed E-state index contributed by atoms with van der Waals surface area (Å²) in [6, 6.07) is 7.83. The van der Waals surface area contributed by atoms with Gasteiger partial charge in [-0.3, -0.25) is 10.1 Å². The number of hydrogen-bond acceptors (Lipinski definition) is 4. The largest absolute Gasteiger partial charge is 0.355 e. The molecule has 0 aromatic carbocycles. The van der Waals surface area contributed by atoms with Crippen LogP contribution >= 0.6 is 22.7 Å². The summed E-state index contributed by atoms with van der Waals surface area (Å²) in [5.74, 6) is 0.129. The zero-order valence-corrected chi connectivity index (χ0v) is 15.0. The second-order valence-electron chi connectivity index (χ2n) is 5.79. The number of thiophene rings is 2. The van der Waals surface area contributed by atoms with Crippen molar-refractivity contribution in [1.82, 2.24) is 10.2 Å². The van der Waals surface area contributed by atoms with E-state index in [1.807, 2.05) is 29.0 Å². The fourth-order valence-corrected chi connectivity index (χ4v) is 4.10. The van der Waals surface area contributed by atoms with Crippen molar-refractivity contribution >= 4 is 39.6 Å². The number of urea groups is 1. The van der Waals surface area contributed by atoms with Crippen LogP contribution in [0, 0.1) is 5.92 Å². The fourth-order valence-electron chi connectivity index (χ4n) is 2.79. The van der Waals surface area contributed by atoms with Crippen LogP contribution in [-0.2, 0) is 11.2 Å². The first-order valence-corrected chi connectivity index (χ1v) is 9.88. The number of carbonyl (C=O) groups is 2. The van der Waals surface area contributed by atoms with E-state index in [-0.39, 0.29) is 17.9 Å². The SMILES string of the molecule is O=C(NCCc1cccs1)C1CCN(C(=O)Nc2cccs2)CC1. The van der Waals surface area contributed by atoms with Crippen LogP contribution in [-0.4, -0.2) is 36.5 Å². The molecule has 2 N–H and O–H groups in total. The molecular formula is C17H21N3O2S2. The Morgan fingerprint density at radius 1 is 1.12 bits per heavy atom. The Kier molecular flexibility index (Phi) is 5.87. The molecule has 0 aliphatic carbocycles.